The van der Waals surface area contributed by atoms with E-state index in [0.29, 0.717) is 13.1 Å². The maximum atomic E-state index is 11.8. The molecule has 1 amide bonds. The normalized spacial score (nSPS) is 11.5. The second-order valence-electron chi connectivity index (χ2n) is 5.00. The summed E-state index contributed by atoms with van der Waals surface area (Å²) in [6.45, 7) is 7.60. The van der Waals surface area contributed by atoms with Crippen LogP contribution in [0.15, 0.2) is 17.5 Å². The highest BCUT2D eigenvalue weighted by Gasteiger charge is 2.12. The Morgan fingerprint density at radius 2 is 2.19 bits per heavy atom. The second-order valence-corrected chi connectivity index (χ2v) is 6.00. The number of carbonyl (C=O) groups excluding carboxylic acids is 1. The third kappa shape index (κ3) is 6.55. The lowest BCUT2D eigenvalue weighted by atomic mass is 10.2. The van der Waals surface area contributed by atoms with Crippen molar-refractivity contribution in [3.63, 3.8) is 0 Å². The van der Waals surface area contributed by atoms with Gasteiger partial charge in [0.1, 0.15) is 0 Å². The van der Waals surface area contributed by atoms with Crippen molar-refractivity contribution in [2.24, 2.45) is 0 Å². The Kier molecular flexibility index (Phi) is 7.11. The van der Waals surface area contributed by atoms with Crippen molar-refractivity contribution in [1.29, 1.82) is 0 Å². The molecule has 1 heterocycles. The number of carboxylic acids is 1. The molecule has 0 fully saturated rings. The first-order valence-electron chi connectivity index (χ1n) is 6.91. The van der Waals surface area contributed by atoms with Crippen LogP contribution in [0.3, 0.4) is 0 Å². The van der Waals surface area contributed by atoms with E-state index in [1.807, 2.05) is 37.1 Å². The number of likely N-dealkylation sites (N-methyl/N-ethyl adjacent to an activating group) is 1. The molecule has 116 valence electrons. The molecule has 0 saturated heterocycles. The molecule has 5 nitrogen and oxygen atoms in total. The maximum Gasteiger partial charge on any atom is 0.328 e. The van der Waals surface area contributed by atoms with Crippen molar-refractivity contribution in [1.82, 2.24) is 10.2 Å². The van der Waals surface area contributed by atoms with Crippen LogP contribution >= 0.6 is 11.3 Å². The fraction of sp³-hybridized carbons (Fsp3) is 0.467. The molecule has 1 aromatic heterocycles. The molecule has 21 heavy (non-hydrogen) atoms. The van der Waals surface area contributed by atoms with Gasteiger partial charge in [0.15, 0.2) is 0 Å². The summed E-state index contributed by atoms with van der Waals surface area (Å²) < 4.78 is 0. The Hall–Kier alpha value is -1.66. The third-order valence-corrected chi connectivity index (χ3v) is 3.74. The molecule has 1 rings (SSSR count). The van der Waals surface area contributed by atoms with E-state index < -0.39 is 5.97 Å². The smallest absolute Gasteiger partial charge is 0.328 e. The number of carboxylic acid groups (broad SMARTS) is 1. The lowest BCUT2D eigenvalue weighted by Crippen LogP contribution is -2.39. The predicted octanol–water partition coefficient (Wildman–Crippen LogP) is 2.19. The topological polar surface area (TPSA) is 69.6 Å². The van der Waals surface area contributed by atoms with Crippen molar-refractivity contribution in [2.75, 3.05) is 13.1 Å². The molecule has 2 N–H and O–H groups in total. The van der Waals surface area contributed by atoms with Crippen molar-refractivity contribution >= 4 is 29.3 Å². The van der Waals surface area contributed by atoms with Gasteiger partial charge >= 0.3 is 5.97 Å². The molecule has 0 spiro atoms. The molecular formula is C15H22N2O3S. The van der Waals surface area contributed by atoms with E-state index in [1.54, 1.807) is 17.4 Å². The minimum Gasteiger partial charge on any atom is -0.478 e. The van der Waals surface area contributed by atoms with Crippen LogP contribution in [0, 0.1) is 0 Å². The zero-order valence-corrected chi connectivity index (χ0v) is 13.4. The number of carbonyl (C=O) groups is 2. The van der Waals surface area contributed by atoms with E-state index in [2.05, 4.69) is 5.32 Å². The van der Waals surface area contributed by atoms with E-state index in [9.17, 15) is 9.59 Å². The SMILES string of the molecule is CCN(CC(=O)NC(C)C)Cc1sccc1C=CC(=O)O. The van der Waals surface area contributed by atoms with E-state index in [0.717, 1.165) is 23.1 Å². The number of hydrogen-bond donors (Lipinski definition) is 2. The summed E-state index contributed by atoms with van der Waals surface area (Å²) in [4.78, 5) is 25.5. The van der Waals surface area contributed by atoms with Crippen molar-refractivity contribution < 1.29 is 14.7 Å². The predicted molar refractivity (Wildman–Crippen MR) is 85.2 cm³/mol. The molecule has 6 heteroatoms. The third-order valence-electron chi connectivity index (χ3n) is 2.82. The Bertz CT molecular complexity index is 509. The average Bonchev–Trinajstić information content (AvgIpc) is 2.81. The highest BCUT2D eigenvalue weighted by atomic mass is 32.1. The van der Waals surface area contributed by atoms with E-state index in [4.69, 9.17) is 5.11 Å². The number of thiophene rings is 1. The quantitative estimate of drug-likeness (QED) is 0.722. The maximum absolute atomic E-state index is 11.8. The van der Waals surface area contributed by atoms with Crippen LogP contribution in [0.25, 0.3) is 6.08 Å². The minimum absolute atomic E-state index is 0.00559. The van der Waals surface area contributed by atoms with Gasteiger partial charge < -0.3 is 10.4 Å². The highest BCUT2D eigenvalue weighted by molar-refractivity contribution is 7.10. The molecule has 0 saturated carbocycles. The molecule has 0 aliphatic carbocycles. The Morgan fingerprint density at radius 1 is 1.48 bits per heavy atom. The number of nitrogens with zero attached hydrogens (tertiary/aromatic N) is 1. The lowest BCUT2D eigenvalue weighted by molar-refractivity contribution is -0.131. The van der Waals surface area contributed by atoms with Crippen LogP contribution in [0.5, 0.6) is 0 Å². The van der Waals surface area contributed by atoms with Crippen molar-refractivity contribution in [3.05, 3.63) is 28.0 Å². The molecule has 0 radical (unpaired) electrons. The van der Waals surface area contributed by atoms with Crippen LogP contribution in [-0.2, 0) is 16.1 Å². The molecule has 1 aromatic rings. The van der Waals surface area contributed by atoms with Gasteiger partial charge in [-0.3, -0.25) is 9.69 Å². The van der Waals surface area contributed by atoms with Crippen LogP contribution in [0.4, 0.5) is 0 Å². The van der Waals surface area contributed by atoms with Crippen LogP contribution in [0.1, 0.15) is 31.2 Å². The minimum atomic E-state index is -0.962. The van der Waals surface area contributed by atoms with Crippen molar-refractivity contribution in [2.45, 2.75) is 33.4 Å². The summed E-state index contributed by atoms with van der Waals surface area (Å²) in [6.07, 6.45) is 2.73. The van der Waals surface area contributed by atoms with Crippen LogP contribution in [-0.4, -0.2) is 41.0 Å². The average molecular weight is 310 g/mol. The lowest BCUT2D eigenvalue weighted by Gasteiger charge is -2.20. The number of amides is 1. The summed E-state index contributed by atoms with van der Waals surface area (Å²) in [5.41, 5.74) is 0.894. The molecule has 0 aliphatic heterocycles. The molecule has 0 bridgehead atoms. The summed E-state index contributed by atoms with van der Waals surface area (Å²) in [5.74, 6) is -0.957. The van der Waals surface area contributed by atoms with Crippen LogP contribution < -0.4 is 5.32 Å². The second kappa shape index (κ2) is 8.59. The summed E-state index contributed by atoms with van der Waals surface area (Å²) >= 11 is 1.57. The zero-order chi connectivity index (χ0) is 15.8. The number of rotatable bonds is 8. The zero-order valence-electron chi connectivity index (χ0n) is 12.6. The number of nitrogens with one attached hydrogen (secondary N) is 1. The Morgan fingerprint density at radius 3 is 2.76 bits per heavy atom. The van der Waals surface area contributed by atoms with Gasteiger partial charge in [-0.25, -0.2) is 4.79 Å². The van der Waals surface area contributed by atoms with Gasteiger partial charge in [-0.15, -0.1) is 11.3 Å². The standard InChI is InChI=1S/C15H22N2O3S/c1-4-17(10-14(18)16-11(2)3)9-13-12(7-8-21-13)5-6-15(19)20/h5-8,11H,4,9-10H2,1-3H3,(H,16,18)(H,19,20). The molecule has 0 aliphatic rings. The largest absolute Gasteiger partial charge is 0.478 e. The van der Waals surface area contributed by atoms with Gasteiger partial charge in [-0.05, 0) is 43.5 Å². The summed E-state index contributed by atoms with van der Waals surface area (Å²) in [6, 6.07) is 2.02. The van der Waals surface area contributed by atoms with Gasteiger partial charge in [0.25, 0.3) is 0 Å². The van der Waals surface area contributed by atoms with E-state index in [-0.39, 0.29) is 11.9 Å². The van der Waals surface area contributed by atoms with Gasteiger partial charge in [0.05, 0.1) is 6.54 Å². The fourth-order valence-corrected chi connectivity index (χ4v) is 2.75. The first kappa shape index (κ1) is 17.4. The fourth-order valence-electron chi connectivity index (χ4n) is 1.84. The molecule has 0 unspecified atom stereocenters. The first-order valence-corrected chi connectivity index (χ1v) is 7.79. The Balaban J connectivity index is 2.67. The molecule has 0 atom stereocenters. The molecular weight excluding hydrogens is 288 g/mol. The van der Waals surface area contributed by atoms with Gasteiger partial charge in [0.2, 0.25) is 5.91 Å². The van der Waals surface area contributed by atoms with Gasteiger partial charge in [0, 0.05) is 23.5 Å². The number of aliphatic carboxylic acids is 1. The van der Waals surface area contributed by atoms with E-state index in [1.165, 1.54) is 0 Å². The number of hydrogen-bond acceptors (Lipinski definition) is 4. The monoisotopic (exact) mass is 310 g/mol. The Labute approximate surface area is 129 Å². The van der Waals surface area contributed by atoms with Gasteiger partial charge in [-0.2, -0.15) is 0 Å². The van der Waals surface area contributed by atoms with Crippen molar-refractivity contribution in [3.8, 4) is 0 Å². The summed E-state index contributed by atoms with van der Waals surface area (Å²) in [7, 11) is 0. The molecule has 0 aromatic carbocycles. The first-order chi connectivity index (χ1) is 9.92. The summed E-state index contributed by atoms with van der Waals surface area (Å²) in [5, 5.41) is 13.5. The highest BCUT2D eigenvalue weighted by Crippen LogP contribution is 2.20. The van der Waals surface area contributed by atoms with Gasteiger partial charge in [-0.1, -0.05) is 6.92 Å². The van der Waals surface area contributed by atoms with E-state index >= 15 is 0 Å². The van der Waals surface area contributed by atoms with Crippen LogP contribution in [0.2, 0.25) is 0 Å².